The second kappa shape index (κ2) is 6.03. The average Bonchev–Trinajstić information content (AvgIpc) is 2.97. The molecule has 1 atom stereocenters. The Morgan fingerprint density at radius 1 is 1.41 bits per heavy atom. The zero-order chi connectivity index (χ0) is 15.5. The molecular formula is C16H16N2O4. The van der Waals surface area contributed by atoms with Gasteiger partial charge >= 0.3 is 5.63 Å². The Hall–Kier alpha value is -2.60. The fourth-order valence-corrected chi connectivity index (χ4v) is 2.28. The molecule has 2 aromatic heterocycles. The van der Waals surface area contributed by atoms with Gasteiger partial charge in [-0.2, -0.15) is 0 Å². The SMILES string of the molecule is Cc1cc(=O)oc2cc(OC[C@@H](O)Cn3ccnc3)ccc12. The van der Waals surface area contributed by atoms with Gasteiger partial charge in [0.1, 0.15) is 24.0 Å². The number of aliphatic hydroxyl groups excluding tert-OH is 1. The van der Waals surface area contributed by atoms with E-state index in [1.54, 1.807) is 35.4 Å². The number of hydrogen-bond acceptors (Lipinski definition) is 5. The first kappa shape index (κ1) is 14.3. The Bertz CT molecular complexity index is 824. The molecule has 0 aliphatic heterocycles. The van der Waals surface area contributed by atoms with Gasteiger partial charge in [-0.3, -0.25) is 0 Å². The Labute approximate surface area is 126 Å². The second-order valence-corrected chi connectivity index (χ2v) is 5.13. The highest BCUT2D eigenvalue weighted by Crippen LogP contribution is 2.22. The van der Waals surface area contributed by atoms with Gasteiger partial charge in [0.15, 0.2) is 0 Å². The molecule has 6 heteroatoms. The van der Waals surface area contributed by atoms with Gasteiger partial charge in [-0.1, -0.05) is 0 Å². The topological polar surface area (TPSA) is 77.5 Å². The summed E-state index contributed by atoms with van der Waals surface area (Å²) in [4.78, 5) is 15.3. The molecule has 0 aliphatic rings. The normalized spacial score (nSPS) is 12.5. The summed E-state index contributed by atoms with van der Waals surface area (Å²) in [5, 5.41) is 10.8. The van der Waals surface area contributed by atoms with E-state index in [1.807, 2.05) is 13.0 Å². The first-order valence-corrected chi connectivity index (χ1v) is 6.93. The van der Waals surface area contributed by atoms with Gasteiger partial charge in [0, 0.05) is 29.9 Å². The standard InChI is InChI=1S/C16H16N2O4/c1-11-6-16(20)22-15-7-13(2-3-14(11)15)21-9-12(19)8-18-5-4-17-10-18/h2-7,10,12,19H,8-9H2,1H3/t12-/m0/s1. The molecule has 1 N–H and O–H groups in total. The summed E-state index contributed by atoms with van der Waals surface area (Å²) in [6, 6.07) is 6.75. The highest BCUT2D eigenvalue weighted by Gasteiger charge is 2.08. The number of ether oxygens (including phenoxy) is 1. The van der Waals surface area contributed by atoms with E-state index in [1.165, 1.54) is 6.07 Å². The first-order valence-electron chi connectivity index (χ1n) is 6.93. The van der Waals surface area contributed by atoms with Crippen LogP contribution in [0.3, 0.4) is 0 Å². The van der Waals surface area contributed by atoms with E-state index in [-0.39, 0.29) is 12.2 Å². The third-order valence-corrected chi connectivity index (χ3v) is 3.35. The summed E-state index contributed by atoms with van der Waals surface area (Å²) in [5.74, 6) is 0.547. The maximum Gasteiger partial charge on any atom is 0.336 e. The van der Waals surface area contributed by atoms with Gasteiger partial charge in [0.25, 0.3) is 0 Å². The fourth-order valence-electron chi connectivity index (χ4n) is 2.28. The van der Waals surface area contributed by atoms with Crippen molar-refractivity contribution < 1.29 is 14.3 Å². The van der Waals surface area contributed by atoms with Gasteiger partial charge in [0.05, 0.1) is 12.9 Å². The number of fused-ring (bicyclic) bond motifs is 1. The van der Waals surface area contributed by atoms with E-state index in [4.69, 9.17) is 9.15 Å². The highest BCUT2D eigenvalue weighted by atomic mass is 16.5. The van der Waals surface area contributed by atoms with Crippen molar-refractivity contribution in [3.63, 3.8) is 0 Å². The van der Waals surface area contributed by atoms with Crippen molar-refractivity contribution in [2.24, 2.45) is 0 Å². The van der Waals surface area contributed by atoms with E-state index in [0.717, 1.165) is 10.9 Å². The molecule has 2 heterocycles. The van der Waals surface area contributed by atoms with E-state index in [2.05, 4.69) is 4.98 Å². The van der Waals surface area contributed by atoms with Crippen molar-refractivity contribution in [2.45, 2.75) is 19.6 Å². The Morgan fingerprint density at radius 3 is 3.05 bits per heavy atom. The van der Waals surface area contributed by atoms with Crippen molar-refractivity contribution in [1.82, 2.24) is 9.55 Å². The van der Waals surface area contributed by atoms with Crippen molar-refractivity contribution in [2.75, 3.05) is 6.61 Å². The molecule has 3 rings (SSSR count). The second-order valence-electron chi connectivity index (χ2n) is 5.13. The maximum absolute atomic E-state index is 11.4. The number of aromatic nitrogens is 2. The zero-order valence-corrected chi connectivity index (χ0v) is 12.1. The van der Waals surface area contributed by atoms with Crippen LogP contribution in [-0.4, -0.2) is 27.4 Å². The number of nitrogens with zero attached hydrogens (tertiary/aromatic N) is 2. The fraction of sp³-hybridized carbons (Fsp3) is 0.250. The number of hydrogen-bond donors (Lipinski definition) is 1. The smallest absolute Gasteiger partial charge is 0.336 e. The van der Waals surface area contributed by atoms with Crippen LogP contribution in [0.4, 0.5) is 0 Å². The number of rotatable bonds is 5. The molecule has 0 spiro atoms. The van der Waals surface area contributed by atoms with Gasteiger partial charge in [-0.15, -0.1) is 0 Å². The third kappa shape index (κ3) is 3.17. The van der Waals surface area contributed by atoms with Crippen LogP contribution in [0.1, 0.15) is 5.56 Å². The molecule has 0 saturated carbocycles. The van der Waals surface area contributed by atoms with E-state index >= 15 is 0 Å². The molecule has 1 aromatic carbocycles. The van der Waals surface area contributed by atoms with E-state index in [0.29, 0.717) is 17.9 Å². The summed E-state index contributed by atoms with van der Waals surface area (Å²) in [6.45, 7) is 2.40. The zero-order valence-electron chi connectivity index (χ0n) is 12.1. The van der Waals surface area contributed by atoms with Crippen LogP contribution in [0.2, 0.25) is 0 Å². The predicted octanol–water partition coefficient (Wildman–Crippen LogP) is 1.74. The molecule has 3 aromatic rings. The summed E-state index contributed by atoms with van der Waals surface area (Å²) in [5.41, 5.74) is 0.951. The maximum atomic E-state index is 11.4. The minimum absolute atomic E-state index is 0.139. The molecule has 0 aliphatic carbocycles. The van der Waals surface area contributed by atoms with Crippen LogP contribution >= 0.6 is 0 Å². The highest BCUT2D eigenvalue weighted by molar-refractivity contribution is 5.81. The Balaban J connectivity index is 1.70. The van der Waals surface area contributed by atoms with Crippen LogP contribution in [0.5, 0.6) is 5.75 Å². The van der Waals surface area contributed by atoms with Crippen molar-refractivity contribution in [3.8, 4) is 5.75 Å². The number of imidazole rings is 1. The lowest BCUT2D eigenvalue weighted by Gasteiger charge is -2.13. The lowest BCUT2D eigenvalue weighted by molar-refractivity contribution is 0.0925. The van der Waals surface area contributed by atoms with Gasteiger partial charge in [-0.25, -0.2) is 9.78 Å². The third-order valence-electron chi connectivity index (χ3n) is 3.35. The largest absolute Gasteiger partial charge is 0.491 e. The molecule has 0 fully saturated rings. The minimum Gasteiger partial charge on any atom is -0.491 e. The first-order chi connectivity index (χ1) is 10.6. The van der Waals surface area contributed by atoms with Crippen LogP contribution < -0.4 is 10.4 Å². The summed E-state index contributed by atoms with van der Waals surface area (Å²) >= 11 is 0. The molecule has 22 heavy (non-hydrogen) atoms. The van der Waals surface area contributed by atoms with Crippen LogP contribution in [0.25, 0.3) is 11.0 Å². The molecular weight excluding hydrogens is 284 g/mol. The van der Waals surface area contributed by atoms with Gasteiger partial charge in [0.2, 0.25) is 0 Å². The molecule has 0 radical (unpaired) electrons. The average molecular weight is 300 g/mol. The lowest BCUT2D eigenvalue weighted by atomic mass is 10.1. The van der Waals surface area contributed by atoms with E-state index in [9.17, 15) is 9.90 Å². The molecule has 0 bridgehead atoms. The minimum atomic E-state index is -0.658. The predicted molar refractivity (Wildman–Crippen MR) is 80.9 cm³/mol. The van der Waals surface area contributed by atoms with Gasteiger partial charge in [-0.05, 0) is 24.6 Å². The van der Waals surface area contributed by atoms with Crippen LogP contribution in [-0.2, 0) is 6.54 Å². The summed E-state index contributed by atoms with van der Waals surface area (Å²) in [6.07, 6.45) is 4.41. The number of aliphatic hydroxyl groups is 1. The monoisotopic (exact) mass is 300 g/mol. The summed E-state index contributed by atoms with van der Waals surface area (Å²) < 4.78 is 12.5. The van der Waals surface area contributed by atoms with Crippen LogP contribution in [0.15, 0.2) is 52.2 Å². The molecule has 0 amide bonds. The van der Waals surface area contributed by atoms with Crippen molar-refractivity contribution in [1.29, 1.82) is 0 Å². The quantitative estimate of drug-likeness (QED) is 0.726. The molecule has 0 saturated heterocycles. The Morgan fingerprint density at radius 2 is 2.27 bits per heavy atom. The lowest BCUT2D eigenvalue weighted by Crippen LogP contribution is -2.22. The van der Waals surface area contributed by atoms with Gasteiger partial charge < -0.3 is 18.8 Å². The van der Waals surface area contributed by atoms with Crippen molar-refractivity contribution in [3.05, 3.63) is 59.0 Å². The Kier molecular flexibility index (Phi) is 3.93. The number of aryl methyl sites for hydroxylation is 1. The van der Waals surface area contributed by atoms with E-state index < -0.39 is 6.10 Å². The van der Waals surface area contributed by atoms with Crippen LogP contribution in [0, 0.1) is 6.92 Å². The number of benzene rings is 1. The van der Waals surface area contributed by atoms with Crippen molar-refractivity contribution >= 4 is 11.0 Å². The molecule has 114 valence electrons. The molecule has 6 nitrogen and oxygen atoms in total. The molecule has 0 unspecified atom stereocenters. The summed E-state index contributed by atoms with van der Waals surface area (Å²) in [7, 11) is 0.